The number of halogens is 3. The van der Waals surface area contributed by atoms with Gasteiger partial charge in [-0.2, -0.15) is 18.4 Å². The molecule has 3 heterocycles. The molecule has 0 bridgehead atoms. The molecule has 9 nitrogen and oxygen atoms in total. The van der Waals surface area contributed by atoms with Crippen LogP contribution in [0, 0.1) is 34.5 Å². The van der Waals surface area contributed by atoms with E-state index in [4.69, 9.17) is 0 Å². The lowest BCUT2D eigenvalue weighted by atomic mass is 9.98. The first-order valence-electron chi connectivity index (χ1n) is 12.5. The van der Waals surface area contributed by atoms with Crippen LogP contribution in [-0.2, 0) is 14.4 Å². The highest BCUT2D eigenvalue weighted by Crippen LogP contribution is 2.65. The number of carbonyl (C=O) groups is 3. The van der Waals surface area contributed by atoms with Crippen LogP contribution in [0.5, 0.6) is 0 Å². The van der Waals surface area contributed by atoms with E-state index in [9.17, 15) is 32.8 Å². The van der Waals surface area contributed by atoms with Crippen molar-refractivity contribution in [2.24, 2.45) is 23.2 Å². The van der Waals surface area contributed by atoms with Gasteiger partial charge in [0.2, 0.25) is 11.8 Å². The molecule has 12 heteroatoms. The van der Waals surface area contributed by atoms with Crippen LogP contribution in [0.3, 0.4) is 0 Å². The highest BCUT2D eigenvalue weighted by Gasteiger charge is 2.69. The third kappa shape index (κ3) is 4.66. The van der Waals surface area contributed by atoms with Crippen LogP contribution in [0.25, 0.3) is 10.9 Å². The van der Waals surface area contributed by atoms with Crippen molar-refractivity contribution in [2.75, 3.05) is 6.54 Å². The molecule has 2 aromatic heterocycles. The van der Waals surface area contributed by atoms with E-state index in [1.54, 1.807) is 24.5 Å². The number of nitriles is 1. The SMILES string of the molecule is CC1(C)[C@@H]2[C@@H](C(=O)NC(C#N)c3cncc4cccnc34)N(C(=O)[C@H](CC3CC3)NC(=O)C(F)(F)F)C[C@@H]21. The lowest BCUT2D eigenvalue weighted by molar-refractivity contribution is -0.175. The Hall–Kier alpha value is -3.75. The lowest BCUT2D eigenvalue weighted by Crippen LogP contribution is -2.57. The molecular formula is C26H27F3N6O3. The number of piperidine rings is 1. The third-order valence-electron chi connectivity index (χ3n) is 8.15. The molecule has 3 amide bonds. The molecule has 5 rings (SSSR count). The smallest absolute Gasteiger partial charge is 0.336 e. The maximum atomic E-state index is 13.6. The average molecular weight is 529 g/mol. The number of likely N-dealkylation sites (tertiary alicyclic amines) is 1. The second-order valence-corrected chi connectivity index (χ2v) is 11.0. The van der Waals surface area contributed by atoms with Gasteiger partial charge in [0, 0.05) is 36.1 Å². The Kier molecular flexibility index (Phi) is 6.28. The zero-order valence-corrected chi connectivity index (χ0v) is 20.8. The predicted octanol–water partition coefficient (Wildman–Crippen LogP) is 2.64. The summed E-state index contributed by atoms with van der Waals surface area (Å²) < 4.78 is 39.0. The van der Waals surface area contributed by atoms with Crippen molar-refractivity contribution < 1.29 is 27.6 Å². The van der Waals surface area contributed by atoms with Gasteiger partial charge < -0.3 is 15.5 Å². The van der Waals surface area contributed by atoms with Crippen molar-refractivity contribution in [1.29, 1.82) is 5.26 Å². The number of alkyl halides is 3. The summed E-state index contributed by atoms with van der Waals surface area (Å²) in [5.41, 5.74) is 0.633. The number of nitrogens with one attached hydrogen (secondary N) is 2. The quantitative estimate of drug-likeness (QED) is 0.569. The molecule has 0 spiro atoms. The van der Waals surface area contributed by atoms with E-state index in [0.717, 1.165) is 12.8 Å². The maximum absolute atomic E-state index is 13.6. The zero-order chi connectivity index (χ0) is 27.4. The fourth-order valence-corrected chi connectivity index (χ4v) is 5.80. The molecule has 2 aromatic rings. The van der Waals surface area contributed by atoms with Gasteiger partial charge in [-0.15, -0.1) is 0 Å². The molecule has 200 valence electrons. The van der Waals surface area contributed by atoms with Gasteiger partial charge in [0.15, 0.2) is 0 Å². The van der Waals surface area contributed by atoms with Gasteiger partial charge in [0.25, 0.3) is 0 Å². The molecule has 0 radical (unpaired) electrons. The largest absolute Gasteiger partial charge is 0.471 e. The Balaban J connectivity index is 1.40. The molecule has 1 saturated heterocycles. The van der Waals surface area contributed by atoms with Crippen LogP contribution in [0.2, 0.25) is 0 Å². The molecule has 1 unspecified atom stereocenters. The number of fused-ring (bicyclic) bond motifs is 2. The Morgan fingerprint density at radius 2 is 1.97 bits per heavy atom. The first kappa shape index (κ1) is 25.9. The van der Waals surface area contributed by atoms with E-state index in [1.807, 2.05) is 19.2 Å². The van der Waals surface area contributed by atoms with Gasteiger partial charge in [0.05, 0.1) is 11.6 Å². The average Bonchev–Trinajstić information content (AvgIpc) is 3.73. The summed E-state index contributed by atoms with van der Waals surface area (Å²) in [6.07, 6.45) is 1.09. The molecule has 3 fully saturated rings. The van der Waals surface area contributed by atoms with Gasteiger partial charge in [-0.1, -0.05) is 26.7 Å². The van der Waals surface area contributed by atoms with Crippen molar-refractivity contribution in [3.05, 3.63) is 36.3 Å². The van der Waals surface area contributed by atoms with Crippen LogP contribution in [0.15, 0.2) is 30.7 Å². The topological polar surface area (TPSA) is 128 Å². The number of nitrogens with zero attached hydrogens (tertiary/aromatic N) is 4. The van der Waals surface area contributed by atoms with Gasteiger partial charge in [-0.25, -0.2) is 0 Å². The second-order valence-electron chi connectivity index (χ2n) is 11.0. The predicted molar refractivity (Wildman–Crippen MR) is 128 cm³/mol. The van der Waals surface area contributed by atoms with Crippen LogP contribution in [0.4, 0.5) is 13.2 Å². The third-order valence-corrected chi connectivity index (χ3v) is 8.15. The van der Waals surface area contributed by atoms with E-state index in [-0.39, 0.29) is 36.1 Å². The summed E-state index contributed by atoms with van der Waals surface area (Å²) >= 11 is 0. The van der Waals surface area contributed by atoms with Crippen LogP contribution in [-0.4, -0.2) is 57.4 Å². The van der Waals surface area contributed by atoms with Crippen LogP contribution < -0.4 is 10.6 Å². The summed E-state index contributed by atoms with van der Waals surface area (Å²) in [4.78, 5) is 48.6. The minimum absolute atomic E-state index is 0.0245. The Labute approximate surface area is 216 Å². The Bertz CT molecular complexity index is 1330. The summed E-state index contributed by atoms with van der Waals surface area (Å²) in [5, 5.41) is 15.2. The minimum atomic E-state index is -5.13. The molecular weight excluding hydrogens is 501 g/mol. The number of amides is 3. The number of aromatic nitrogens is 2. The van der Waals surface area contributed by atoms with Gasteiger partial charge >= 0.3 is 12.1 Å². The second kappa shape index (κ2) is 9.22. The molecule has 2 aliphatic carbocycles. The lowest BCUT2D eigenvalue weighted by Gasteiger charge is -2.33. The monoisotopic (exact) mass is 528 g/mol. The van der Waals surface area contributed by atoms with Crippen molar-refractivity contribution >= 4 is 28.6 Å². The number of hydrogen-bond donors (Lipinski definition) is 2. The number of pyridine rings is 2. The van der Waals surface area contributed by atoms with E-state index in [0.29, 0.717) is 16.5 Å². The molecule has 3 aliphatic rings. The minimum Gasteiger partial charge on any atom is -0.336 e. The first-order chi connectivity index (χ1) is 17.9. The van der Waals surface area contributed by atoms with Crippen LogP contribution in [0.1, 0.15) is 44.7 Å². The number of hydrogen-bond acceptors (Lipinski definition) is 6. The summed E-state index contributed by atoms with van der Waals surface area (Å²) in [7, 11) is 0. The normalized spacial score (nSPS) is 25.2. The molecule has 5 atom stereocenters. The molecule has 2 saturated carbocycles. The molecule has 0 aromatic carbocycles. The van der Waals surface area contributed by atoms with Gasteiger partial charge in [-0.3, -0.25) is 24.4 Å². The van der Waals surface area contributed by atoms with Crippen molar-refractivity contribution in [3.63, 3.8) is 0 Å². The Morgan fingerprint density at radius 3 is 2.63 bits per heavy atom. The number of rotatable bonds is 7. The number of carbonyl (C=O) groups excluding carboxylic acids is 3. The Morgan fingerprint density at radius 1 is 1.24 bits per heavy atom. The van der Waals surface area contributed by atoms with Crippen molar-refractivity contribution in [1.82, 2.24) is 25.5 Å². The first-order valence-corrected chi connectivity index (χ1v) is 12.5. The summed E-state index contributed by atoms with van der Waals surface area (Å²) in [5.74, 6) is -3.67. The van der Waals surface area contributed by atoms with Crippen LogP contribution >= 0.6 is 0 Å². The fourth-order valence-electron chi connectivity index (χ4n) is 5.80. The van der Waals surface area contributed by atoms with E-state index in [2.05, 4.69) is 21.4 Å². The molecule has 1 aliphatic heterocycles. The summed E-state index contributed by atoms with van der Waals surface area (Å²) in [6.45, 7) is 4.13. The highest BCUT2D eigenvalue weighted by atomic mass is 19.4. The van der Waals surface area contributed by atoms with Crippen molar-refractivity contribution in [3.8, 4) is 6.07 Å². The maximum Gasteiger partial charge on any atom is 0.471 e. The fraction of sp³-hybridized carbons (Fsp3) is 0.538. The molecule has 2 N–H and O–H groups in total. The zero-order valence-electron chi connectivity index (χ0n) is 20.8. The summed E-state index contributed by atoms with van der Waals surface area (Å²) in [6, 6.07) is 2.08. The van der Waals surface area contributed by atoms with E-state index >= 15 is 0 Å². The van der Waals surface area contributed by atoms with E-state index in [1.165, 1.54) is 11.1 Å². The highest BCUT2D eigenvalue weighted by molar-refractivity contribution is 5.95. The van der Waals surface area contributed by atoms with Gasteiger partial charge in [0.1, 0.15) is 18.1 Å². The van der Waals surface area contributed by atoms with E-state index < -0.39 is 42.0 Å². The van der Waals surface area contributed by atoms with Gasteiger partial charge in [-0.05, 0) is 41.7 Å². The van der Waals surface area contributed by atoms with Crippen molar-refractivity contribution in [2.45, 2.75) is 57.4 Å². The molecule has 38 heavy (non-hydrogen) atoms. The standard InChI is InChI=1S/C26H27F3N6O3/c1-25(2)16-12-35(23(37)17(8-13-5-6-13)34-24(38)26(27,28)29)21(19(16)25)22(36)33-18(9-30)15-11-31-10-14-4-3-7-32-20(14)15/h3-4,7,10-11,13,16-19,21H,5-6,8,12H2,1-2H3,(H,33,36)(H,34,38)/t16-,17-,18?,19-,21-/m0/s1.